The summed E-state index contributed by atoms with van der Waals surface area (Å²) >= 11 is 0. The van der Waals surface area contributed by atoms with Gasteiger partial charge in [0.2, 0.25) is 0 Å². The third-order valence-corrected chi connectivity index (χ3v) is 5.45. The summed E-state index contributed by atoms with van der Waals surface area (Å²) in [5.41, 5.74) is -1.36. The highest BCUT2D eigenvalue weighted by molar-refractivity contribution is 7.71. The van der Waals surface area contributed by atoms with Crippen molar-refractivity contribution in [1.82, 2.24) is 10.6 Å². The fourth-order valence-corrected chi connectivity index (χ4v) is 3.98. The average Bonchev–Trinajstić information content (AvgIpc) is 2.47. The first kappa shape index (κ1) is 21.9. The minimum Gasteiger partial charge on any atom is -0.444 e. The van der Waals surface area contributed by atoms with E-state index in [1.54, 1.807) is 34.6 Å². The van der Waals surface area contributed by atoms with Crippen molar-refractivity contribution in [2.75, 3.05) is 13.2 Å². The number of carbonyl (C=O) groups excluding carboxylic acids is 2. The van der Waals surface area contributed by atoms with E-state index in [-0.39, 0.29) is 25.3 Å². The molecule has 25 heavy (non-hydrogen) atoms. The van der Waals surface area contributed by atoms with Crippen LogP contribution >= 0.6 is 7.60 Å². The average molecular weight is 378 g/mol. The topological polar surface area (TPSA) is 103 Å². The summed E-state index contributed by atoms with van der Waals surface area (Å²) in [4.78, 5) is 24.4. The second-order valence-corrected chi connectivity index (χ2v) is 8.84. The van der Waals surface area contributed by atoms with Gasteiger partial charge in [-0.3, -0.25) is 4.79 Å². The number of nitrogens with one attached hydrogen (secondary N) is 2. The normalized spacial score (nSPS) is 21.5. The molecule has 2 unspecified atom stereocenters. The molecule has 2 atom stereocenters. The number of carbonyl (C=O) groups is 2. The summed E-state index contributed by atoms with van der Waals surface area (Å²) < 4.78 is 27.9. The van der Waals surface area contributed by atoms with Crippen LogP contribution in [0.25, 0.3) is 0 Å². The number of alkyl carbamates (subject to hydrolysis) is 1. The highest BCUT2D eigenvalue weighted by Crippen LogP contribution is 2.48. The van der Waals surface area contributed by atoms with Crippen molar-refractivity contribution >= 4 is 19.3 Å². The Morgan fingerprint density at radius 3 is 1.92 bits per heavy atom. The molecule has 0 saturated heterocycles. The SMILES string of the molecule is CCOP(=O)(OCC)C(=O)NC1CCCCC1NC(=O)OC(C)(C)C. The maximum atomic E-state index is 12.5. The molecule has 1 aliphatic rings. The number of ether oxygens (including phenoxy) is 1. The molecule has 1 fully saturated rings. The summed E-state index contributed by atoms with van der Waals surface area (Å²) in [5, 5.41) is 5.52. The Morgan fingerprint density at radius 2 is 1.48 bits per heavy atom. The van der Waals surface area contributed by atoms with Crippen LogP contribution in [0.1, 0.15) is 60.3 Å². The molecule has 8 nitrogen and oxygen atoms in total. The van der Waals surface area contributed by atoms with Gasteiger partial charge in [0.15, 0.2) is 0 Å². The first-order valence-corrected chi connectivity index (χ1v) is 10.3. The fraction of sp³-hybridized carbons (Fsp3) is 0.875. The first-order valence-electron chi connectivity index (χ1n) is 8.81. The molecule has 1 aliphatic carbocycles. The predicted octanol–water partition coefficient (Wildman–Crippen LogP) is 3.80. The molecule has 0 aromatic rings. The minimum atomic E-state index is -3.87. The van der Waals surface area contributed by atoms with Crippen molar-refractivity contribution in [2.45, 2.75) is 78.0 Å². The largest absolute Gasteiger partial charge is 0.444 e. The molecule has 0 heterocycles. The number of rotatable bonds is 7. The van der Waals surface area contributed by atoms with Crippen LogP contribution in [-0.4, -0.2) is 42.6 Å². The molecule has 0 radical (unpaired) electrons. The molecular formula is C16H31N2O6P. The predicted molar refractivity (Wildman–Crippen MR) is 94.8 cm³/mol. The van der Waals surface area contributed by atoms with Crippen molar-refractivity contribution in [3.05, 3.63) is 0 Å². The minimum absolute atomic E-state index is 0.106. The molecule has 1 saturated carbocycles. The van der Waals surface area contributed by atoms with Gasteiger partial charge < -0.3 is 24.4 Å². The highest BCUT2D eigenvalue weighted by Gasteiger charge is 2.38. The Bertz CT molecular complexity index is 495. The van der Waals surface area contributed by atoms with Crippen molar-refractivity contribution in [3.63, 3.8) is 0 Å². The number of amides is 2. The molecule has 0 aromatic carbocycles. The van der Waals surface area contributed by atoms with Crippen LogP contribution in [0.4, 0.5) is 9.59 Å². The Hall–Kier alpha value is -1.11. The number of hydrogen-bond acceptors (Lipinski definition) is 6. The molecule has 0 aliphatic heterocycles. The van der Waals surface area contributed by atoms with E-state index in [1.807, 2.05) is 0 Å². The maximum absolute atomic E-state index is 12.5. The third kappa shape index (κ3) is 7.34. The van der Waals surface area contributed by atoms with Gasteiger partial charge in [0.25, 0.3) is 0 Å². The quantitative estimate of drug-likeness (QED) is 0.653. The lowest BCUT2D eigenvalue weighted by Crippen LogP contribution is -2.53. The standard InChI is InChI=1S/C16H31N2O6P/c1-6-22-25(21,23-7-2)15(20)18-13-11-9-8-10-12(13)17-14(19)24-16(3,4)5/h12-13H,6-11H2,1-5H3,(H,17,19)(H,18,20). The molecular weight excluding hydrogens is 347 g/mol. The van der Waals surface area contributed by atoms with Crippen LogP contribution in [0.2, 0.25) is 0 Å². The second kappa shape index (κ2) is 9.55. The molecule has 1 rings (SSSR count). The van der Waals surface area contributed by atoms with Crippen LogP contribution in [0.3, 0.4) is 0 Å². The summed E-state index contributed by atoms with van der Waals surface area (Å²) in [7, 11) is -3.87. The summed E-state index contributed by atoms with van der Waals surface area (Å²) in [6, 6.07) is -0.632. The molecule has 2 N–H and O–H groups in total. The lowest BCUT2D eigenvalue weighted by Gasteiger charge is -2.33. The van der Waals surface area contributed by atoms with Gasteiger partial charge >= 0.3 is 19.3 Å². The van der Waals surface area contributed by atoms with E-state index in [9.17, 15) is 14.2 Å². The monoisotopic (exact) mass is 378 g/mol. The fourth-order valence-electron chi connectivity index (χ4n) is 2.67. The Labute approximate surface area is 149 Å². The van der Waals surface area contributed by atoms with Crippen LogP contribution in [0.5, 0.6) is 0 Å². The van der Waals surface area contributed by atoms with Gasteiger partial charge in [-0.05, 0) is 47.5 Å². The number of hydrogen-bond donors (Lipinski definition) is 2. The van der Waals surface area contributed by atoms with E-state index < -0.39 is 24.9 Å². The Balaban J connectivity index is 2.74. The van der Waals surface area contributed by atoms with Crippen LogP contribution in [0, 0.1) is 0 Å². The van der Waals surface area contributed by atoms with Crippen molar-refractivity contribution in [1.29, 1.82) is 0 Å². The van der Waals surface area contributed by atoms with E-state index in [0.717, 1.165) is 12.8 Å². The van der Waals surface area contributed by atoms with Crippen LogP contribution < -0.4 is 10.6 Å². The van der Waals surface area contributed by atoms with E-state index in [0.29, 0.717) is 12.8 Å². The van der Waals surface area contributed by atoms with Crippen molar-refractivity contribution < 1.29 is 27.9 Å². The van der Waals surface area contributed by atoms with E-state index in [1.165, 1.54) is 0 Å². The third-order valence-electron chi connectivity index (χ3n) is 3.62. The van der Waals surface area contributed by atoms with Crippen molar-refractivity contribution in [3.8, 4) is 0 Å². The van der Waals surface area contributed by atoms with Gasteiger partial charge in [-0.25, -0.2) is 9.36 Å². The van der Waals surface area contributed by atoms with Gasteiger partial charge in [0, 0.05) is 6.04 Å². The summed E-state index contributed by atoms with van der Waals surface area (Å²) in [6.07, 6.45) is 2.69. The second-order valence-electron chi connectivity index (χ2n) is 6.93. The van der Waals surface area contributed by atoms with Gasteiger partial charge in [0.1, 0.15) is 5.60 Å². The summed E-state index contributed by atoms with van der Waals surface area (Å²) in [6.45, 7) is 8.86. The lowest BCUT2D eigenvalue weighted by atomic mass is 9.90. The van der Waals surface area contributed by atoms with E-state index >= 15 is 0 Å². The Kier molecular flexibility index (Phi) is 8.38. The molecule has 146 valence electrons. The van der Waals surface area contributed by atoms with Gasteiger partial charge in [0.05, 0.1) is 19.3 Å². The van der Waals surface area contributed by atoms with E-state index in [2.05, 4.69) is 10.6 Å². The van der Waals surface area contributed by atoms with E-state index in [4.69, 9.17) is 13.8 Å². The maximum Gasteiger partial charge on any atom is 0.418 e. The zero-order valence-corrected chi connectivity index (χ0v) is 16.7. The van der Waals surface area contributed by atoms with Gasteiger partial charge in [-0.15, -0.1) is 0 Å². The Morgan fingerprint density at radius 1 is 1.00 bits per heavy atom. The zero-order valence-electron chi connectivity index (χ0n) is 15.8. The van der Waals surface area contributed by atoms with Crippen LogP contribution in [0.15, 0.2) is 0 Å². The van der Waals surface area contributed by atoms with Gasteiger partial charge in [-0.2, -0.15) is 0 Å². The molecule has 2 amide bonds. The lowest BCUT2D eigenvalue weighted by molar-refractivity contribution is 0.0481. The molecule has 9 heteroatoms. The summed E-state index contributed by atoms with van der Waals surface area (Å²) in [5.74, 6) is 0. The highest BCUT2D eigenvalue weighted by atomic mass is 31.2. The first-order chi connectivity index (χ1) is 11.6. The van der Waals surface area contributed by atoms with Crippen LogP contribution in [-0.2, 0) is 18.3 Å². The zero-order chi connectivity index (χ0) is 19.1. The van der Waals surface area contributed by atoms with Gasteiger partial charge in [-0.1, -0.05) is 12.8 Å². The smallest absolute Gasteiger partial charge is 0.418 e. The van der Waals surface area contributed by atoms with Crippen molar-refractivity contribution in [2.24, 2.45) is 0 Å². The molecule has 0 bridgehead atoms. The molecule has 0 aromatic heterocycles. The molecule has 0 spiro atoms.